The molecule has 0 fully saturated rings. The first-order chi connectivity index (χ1) is 10.1. The zero-order valence-electron chi connectivity index (χ0n) is 11.7. The topological polar surface area (TPSA) is 46.4 Å². The maximum Gasteiger partial charge on any atom is 0.274 e. The van der Waals surface area contributed by atoms with Crippen molar-refractivity contribution in [2.75, 3.05) is 5.32 Å². The number of rotatable bonds is 2. The molecule has 0 spiro atoms. The van der Waals surface area contributed by atoms with Crippen LogP contribution in [0.2, 0.25) is 5.02 Å². The van der Waals surface area contributed by atoms with Crippen molar-refractivity contribution in [3.63, 3.8) is 0 Å². The first kappa shape index (κ1) is 13.6. The van der Waals surface area contributed by atoms with E-state index in [0.717, 1.165) is 11.2 Å². The van der Waals surface area contributed by atoms with E-state index in [1.165, 1.54) is 0 Å². The molecular formula is C16H14ClN3O. The minimum Gasteiger partial charge on any atom is -0.320 e. The highest BCUT2D eigenvalue weighted by Crippen LogP contribution is 2.24. The Morgan fingerprint density at radius 3 is 2.81 bits per heavy atom. The largest absolute Gasteiger partial charge is 0.320 e. The Kier molecular flexibility index (Phi) is 3.39. The predicted molar refractivity (Wildman–Crippen MR) is 84.1 cm³/mol. The summed E-state index contributed by atoms with van der Waals surface area (Å²) in [4.78, 5) is 17.0. The molecule has 106 valence electrons. The number of fused-ring (bicyclic) bond motifs is 1. The SMILES string of the molecule is Cc1nc2ccccn2c1C(=O)Nc1cccc(Cl)c1C. The summed E-state index contributed by atoms with van der Waals surface area (Å²) in [5, 5.41) is 3.53. The monoisotopic (exact) mass is 299 g/mol. The Morgan fingerprint density at radius 2 is 2.00 bits per heavy atom. The molecule has 0 atom stereocenters. The summed E-state index contributed by atoms with van der Waals surface area (Å²) in [5.74, 6) is -0.198. The Hall–Kier alpha value is -2.33. The van der Waals surface area contributed by atoms with Crippen molar-refractivity contribution in [2.45, 2.75) is 13.8 Å². The molecule has 2 aromatic heterocycles. The van der Waals surface area contributed by atoms with Gasteiger partial charge in [-0.3, -0.25) is 9.20 Å². The summed E-state index contributed by atoms with van der Waals surface area (Å²) in [5.41, 5.74) is 3.53. The zero-order valence-corrected chi connectivity index (χ0v) is 12.5. The molecule has 5 heteroatoms. The van der Waals surface area contributed by atoms with Gasteiger partial charge < -0.3 is 5.32 Å². The van der Waals surface area contributed by atoms with E-state index in [0.29, 0.717) is 22.1 Å². The maximum atomic E-state index is 12.6. The van der Waals surface area contributed by atoms with Crippen LogP contribution in [0.1, 0.15) is 21.7 Å². The first-order valence-corrected chi connectivity index (χ1v) is 6.96. The molecule has 0 saturated heterocycles. The van der Waals surface area contributed by atoms with Crippen LogP contribution in [-0.2, 0) is 0 Å². The number of halogens is 1. The van der Waals surface area contributed by atoms with Crippen LogP contribution < -0.4 is 5.32 Å². The number of benzene rings is 1. The second kappa shape index (κ2) is 5.22. The van der Waals surface area contributed by atoms with Gasteiger partial charge >= 0.3 is 0 Å². The number of aromatic nitrogens is 2. The number of hydrogen-bond donors (Lipinski definition) is 1. The van der Waals surface area contributed by atoms with Gasteiger partial charge in [0, 0.05) is 16.9 Å². The van der Waals surface area contributed by atoms with Crippen molar-refractivity contribution in [3.05, 3.63) is 64.6 Å². The number of hydrogen-bond acceptors (Lipinski definition) is 2. The summed E-state index contributed by atoms with van der Waals surface area (Å²) < 4.78 is 1.78. The van der Waals surface area contributed by atoms with Gasteiger partial charge in [0.2, 0.25) is 0 Å². The number of imidazole rings is 1. The summed E-state index contributed by atoms with van der Waals surface area (Å²) in [6.45, 7) is 3.70. The summed E-state index contributed by atoms with van der Waals surface area (Å²) in [7, 11) is 0. The van der Waals surface area contributed by atoms with Gasteiger partial charge in [0.1, 0.15) is 11.3 Å². The Balaban J connectivity index is 2.01. The molecule has 0 aliphatic rings. The van der Waals surface area contributed by atoms with E-state index in [4.69, 9.17) is 11.6 Å². The number of aryl methyl sites for hydroxylation is 1. The summed E-state index contributed by atoms with van der Waals surface area (Å²) in [6, 6.07) is 11.1. The molecule has 2 heterocycles. The Labute approximate surface area is 127 Å². The van der Waals surface area contributed by atoms with E-state index in [9.17, 15) is 4.79 Å². The molecule has 3 rings (SSSR count). The van der Waals surface area contributed by atoms with Crippen molar-refractivity contribution in [1.29, 1.82) is 0 Å². The second-order valence-corrected chi connectivity index (χ2v) is 5.25. The van der Waals surface area contributed by atoms with Gasteiger partial charge in [-0.25, -0.2) is 4.98 Å². The van der Waals surface area contributed by atoms with Gasteiger partial charge in [0.15, 0.2) is 0 Å². The third kappa shape index (κ3) is 2.38. The van der Waals surface area contributed by atoms with Gasteiger partial charge in [-0.05, 0) is 43.7 Å². The highest BCUT2D eigenvalue weighted by atomic mass is 35.5. The van der Waals surface area contributed by atoms with Crippen LogP contribution >= 0.6 is 11.6 Å². The van der Waals surface area contributed by atoms with Crippen LogP contribution in [0, 0.1) is 13.8 Å². The number of nitrogens with one attached hydrogen (secondary N) is 1. The lowest BCUT2D eigenvalue weighted by atomic mass is 10.2. The summed E-state index contributed by atoms with van der Waals surface area (Å²) >= 11 is 6.08. The van der Waals surface area contributed by atoms with E-state index < -0.39 is 0 Å². The van der Waals surface area contributed by atoms with Gasteiger partial charge in [0.05, 0.1) is 5.69 Å². The van der Waals surface area contributed by atoms with Gasteiger partial charge in [0.25, 0.3) is 5.91 Å². The van der Waals surface area contributed by atoms with Crippen LogP contribution in [0.25, 0.3) is 5.65 Å². The average Bonchev–Trinajstić information content (AvgIpc) is 2.79. The van der Waals surface area contributed by atoms with Crippen LogP contribution in [0.15, 0.2) is 42.6 Å². The van der Waals surface area contributed by atoms with Crippen LogP contribution in [0.5, 0.6) is 0 Å². The molecule has 0 radical (unpaired) electrons. The van der Waals surface area contributed by atoms with Gasteiger partial charge in [-0.1, -0.05) is 23.7 Å². The quantitative estimate of drug-likeness (QED) is 0.781. The van der Waals surface area contributed by atoms with Crippen molar-refractivity contribution in [2.24, 2.45) is 0 Å². The molecule has 0 bridgehead atoms. The molecule has 1 amide bonds. The molecule has 0 saturated carbocycles. The first-order valence-electron chi connectivity index (χ1n) is 6.58. The highest BCUT2D eigenvalue weighted by Gasteiger charge is 2.17. The molecule has 0 unspecified atom stereocenters. The van der Waals surface area contributed by atoms with Crippen molar-refractivity contribution in [1.82, 2.24) is 9.38 Å². The minimum absolute atomic E-state index is 0.198. The normalized spacial score (nSPS) is 10.8. The fourth-order valence-corrected chi connectivity index (χ4v) is 2.49. The molecule has 1 N–H and O–H groups in total. The highest BCUT2D eigenvalue weighted by molar-refractivity contribution is 6.31. The Bertz CT molecular complexity index is 839. The van der Waals surface area contributed by atoms with Crippen LogP contribution in [0.4, 0.5) is 5.69 Å². The van der Waals surface area contributed by atoms with E-state index in [1.807, 2.05) is 50.4 Å². The number of anilines is 1. The van der Waals surface area contributed by atoms with E-state index in [2.05, 4.69) is 10.3 Å². The number of amides is 1. The van der Waals surface area contributed by atoms with Crippen molar-refractivity contribution in [3.8, 4) is 0 Å². The van der Waals surface area contributed by atoms with E-state index in [1.54, 1.807) is 10.5 Å². The minimum atomic E-state index is -0.198. The van der Waals surface area contributed by atoms with E-state index >= 15 is 0 Å². The van der Waals surface area contributed by atoms with Gasteiger partial charge in [-0.15, -0.1) is 0 Å². The second-order valence-electron chi connectivity index (χ2n) is 4.84. The Morgan fingerprint density at radius 1 is 1.19 bits per heavy atom. The molecule has 0 aliphatic carbocycles. The number of carbonyl (C=O) groups is 1. The predicted octanol–water partition coefficient (Wildman–Crippen LogP) is 3.86. The molecule has 21 heavy (non-hydrogen) atoms. The molecule has 1 aromatic carbocycles. The lowest BCUT2D eigenvalue weighted by Gasteiger charge is -2.09. The average molecular weight is 300 g/mol. The van der Waals surface area contributed by atoms with Crippen LogP contribution in [0.3, 0.4) is 0 Å². The molecule has 0 aliphatic heterocycles. The summed E-state index contributed by atoms with van der Waals surface area (Å²) in [6.07, 6.45) is 1.83. The zero-order chi connectivity index (χ0) is 15.0. The fraction of sp³-hybridized carbons (Fsp3) is 0.125. The number of carbonyl (C=O) groups excluding carboxylic acids is 1. The molecule has 4 nitrogen and oxygen atoms in total. The van der Waals surface area contributed by atoms with Crippen molar-refractivity contribution >= 4 is 28.8 Å². The maximum absolute atomic E-state index is 12.6. The van der Waals surface area contributed by atoms with Gasteiger partial charge in [-0.2, -0.15) is 0 Å². The lowest BCUT2D eigenvalue weighted by molar-refractivity contribution is 0.102. The third-order valence-corrected chi connectivity index (χ3v) is 3.84. The number of nitrogens with zero attached hydrogens (tertiary/aromatic N) is 2. The lowest BCUT2D eigenvalue weighted by Crippen LogP contribution is -2.16. The number of pyridine rings is 1. The van der Waals surface area contributed by atoms with Crippen LogP contribution in [-0.4, -0.2) is 15.3 Å². The van der Waals surface area contributed by atoms with Crippen molar-refractivity contribution < 1.29 is 4.79 Å². The third-order valence-electron chi connectivity index (χ3n) is 3.44. The smallest absolute Gasteiger partial charge is 0.274 e. The van der Waals surface area contributed by atoms with E-state index in [-0.39, 0.29) is 5.91 Å². The molecular weight excluding hydrogens is 286 g/mol. The standard InChI is InChI=1S/C16H14ClN3O/c1-10-12(17)6-5-7-13(10)19-16(21)15-11(2)18-14-8-3-4-9-20(14)15/h3-9H,1-2H3,(H,19,21). The fourth-order valence-electron chi connectivity index (χ4n) is 2.31. The molecule has 3 aromatic rings.